The van der Waals surface area contributed by atoms with Crippen LogP contribution in [0.5, 0.6) is 0 Å². The third-order valence-corrected chi connectivity index (χ3v) is 4.16. The van der Waals surface area contributed by atoms with Crippen molar-refractivity contribution >= 4 is 27.7 Å². The number of benzene rings is 1. The molecule has 4 nitrogen and oxygen atoms in total. The standard InChI is InChI=1S/C15H19BrN2O2/c16-12-5-3-4-11(10-12)7-8-14(19)18-9-2-1-6-13(18)15(17)20/h3-5,10,13H,1-2,6-9H2,(H2,17,20). The number of hydrogen-bond acceptors (Lipinski definition) is 2. The van der Waals surface area contributed by atoms with Gasteiger partial charge in [-0.15, -0.1) is 0 Å². The van der Waals surface area contributed by atoms with Gasteiger partial charge in [-0.2, -0.15) is 0 Å². The monoisotopic (exact) mass is 338 g/mol. The summed E-state index contributed by atoms with van der Waals surface area (Å²) in [7, 11) is 0. The van der Waals surface area contributed by atoms with E-state index in [1.807, 2.05) is 24.3 Å². The minimum absolute atomic E-state index is 0.0217. The summed E-state index contributed by atoms with van der Waals surface area (Å²) in [6.07, 6.45) is 3.70. The van der Waals surface area contributed by atoms with Gasteiger partial charge < -0.3 is 10.6 Å². The van der Waals surface area contributed by atoms with Crippen molar-refractivity contribution < 1.29 is 9.59 Å². The van der Waals surface area contributed by atoms with Crippen molar-refractivity contribution in [1.82, 2.24) is 4.90 Å². The Morgan fingerprint density at radius 3 is 2.85 bits per heavy atom. The zero-order valence-electron chi connectivity index (χ0n) is 11.3. The molecule has 1 unspecified atom stereocenters. The normalized spacial score (nSPS) is 18.9. The Morgan fingerprint density at radius 2 is 2.15 bits per heavy atom. The second-order valence-corrected chi connectivity index (χ2v) is 6.05. The zero-order valence-corrected chi connectivity index (χ0v) is 12.9. The van der Waals surface area contributed by atoms with Crippen LogP contribution in [0.4, 0.5) is 0 Å². The van der Waals surface area contributed by atoms with Crippen molar-refractivity contribution in [1.29, 1.82) is 0 Å². The van der Waals surface area contributed by atoms with Crippen LogP contribution in [0, 0.1) is 0 Å². The van der Waals surface area contributed by atoms with E-state index in [1.54, 1.807) is 4.90 Å². The highest BCUT2D eigenvalue weighted by molar-refractivity contribution is 9.10. The molecule has 2 rings (SSSR count). The highest BCUT2D eigenvalue weighted by atomic mass is 79.9. The van der Waals surface area contributed by atoms with E-state index >= 15 is 0 Å². The molecule has 1 aromatic rings. The molecule has 1 fully saturated rings. The fourth-order valence-electron chi connectivity index (χ4n) is 2.61. The SMILES string of the molecule is NC(=O)C1CCCCN1C(=O)CCc1cccc(Br)c1. The fourth-order valence-corrected chi connectivity index (χ4v) is 3.06. The van der Waals surface area contributed by atoms with Gasteiger partial charge in [0.05, 0.1) is 0 Å². The molecule has 1 atom stereocenters. The van der Waals surface area contributed by atoms with E-state index in [9.17, 15) is 9.59 Å². The van der Waals surface area contributed by atoms with Crippen molar-refractivity contribution in [2.75, 3.05) is 6.54 Å². The minimum atomic E-state index is -0.418. The Morgan fingerprint density at radius 1 is 1.35 bits per heavy atom. The maximum absolute atomic E-state index is 12.3. The van der Waals surface area contributed by atoms with Crippen LogP contribution in [0.1, 0.15) is 31.2 Å². The highest BCUT2D eigenvalue weighted by Gasteiger charge is 2.30. The number of piperidine rings is 1. The maximum Gasteiger partial charge on any atom is 0.240 e. The lowest BCUT2D eigenvalue weighted by Crippen LogP contribution is -2.50. The molecule has 0 bridgehead atoms. The number of likely N-dealkylation sites (tertiary alicyclic amines) is 1. The van der Waals surface area contributed by atoms with Gasteiger partial charge >= 0.3 is 0 Å². The van der Waals surface area contributed by atoms with Gasteiger partial charge in [-0.3, -0.25) is 9.59 Å². The lowest BCUT2D eigenvalue weighted by atomic mass is 10.0. The Labute approximate surface area is 127 Å². The lowest BCUT2D eigenvalue weighted by Gasteiger charge is -2.33. The molecule has 0 spiro atoms. The average Bonchev–Trinajstić information content (AvgIpc) is 2.45. The van der Waals surface area contributed by atoms with E-state index in [1.165, 1.54) is 0 Å². The number of nitrogens with two attached hydrogens (primary N) is 1. The van der Waals surface area contributed by atoms with Crippen molar-refractivity contribution in [3.8, 4) is 0 Å². The largest absolute Gasteiger partial charge is 0.368 e. The third-order valence-electron chi connectivity index (χ3n) is 3.67. The van der Waals surface area contributed by atoms with Crippen LogP contribution >= 0.6 is 15.9 Å². The Kier molecular flexibility index (Phi) is 5.17. The van der Waals surface area contributed by atoms with Crippen molar-refractivity contribution in [3.05, 3.63) is 34.3 Å². The molecule has 108 valence electrons. The van der Waals surface area contributed by atoms with Crippen LogP contribution < -0.4 is 5.73 Å². The molecule has 20 heavy (non-hydrogen) atoms. The average molecular weight is 339 g/mol. The number of primary amides is 1. The van der Waals surface area contributed by atoms with Crippen molar-refractivity contribution in [3.63, 3.8) is 0 Å². The molecule has 1 heterocycles. The molecule has 1 aliphatic heterocycles. The third kappa shape index (κ3) is 3.82. The number of rotatable bonds is 4. The summed E-state index contributed by atoms with van der Waals surface area (Å²) >= 11 is 3.42. The summed E-state index contributed by atoms with van der Waals surface area (Å²) < 4.78 is 1.01. The summed E-state index contributed by atoms with van der Waals surface area (Å²) in [5.74, 6) is -0.367. The topological polar surface area (TPSA) is 63.4 Å². The Hall–Kier alpha value is -1.36. The molecular formula is C15H19BrN2O2. The number of nitrogens with zero attached hydrogens (tertiary/aromatic N) is 1. The first-order chi connectivity index (χ1) is 9.58. The van der Waals surface area contributed by atoms with Gasteiger partial charge in [0.15, 0.2) is 0 Å². The smallest absolute Gasteiger partial charge is 0.240 e. The maximum atomic E-state index is 12.3. The fraction of sp³-hybridized carbons (Fsp3) is 0.467. The summed E-state index contributed by atoms with van der Waals surface area (Å²) in [5.41, 5.74) is 6.49. The van der Waals surface area contributed by atoms with E-state index in [-0.39, 0.29) is 11.8 Å². The van der Waals surface area contributed by atoms with Crippen LogP contribution in [0.3, 0.4) is 0 Å². The summed E-state index contributed by atoms with van der Waals surface area (Å²) in [6.45, 7) is 0.644. The quantitative estimate of drug-likeness (QED) is 0.914. The van der Waals surface area contributed by atoms with E-state index in [0.717, 1.165) is 22.9 Å². The van der Waals surface area contributed by atoms with Crippen LogP contribution in [0.15, 0.2) is 28.7 Å². The van der Waals surface area contributed by atoms with Gasteiger partial charge in [0, 0.05) is 17.4 Å². The first-order valence-electron chi connectivity index (χ1n) is 6.91. The molecule has 0 aromatic heterocycles. The highest BCUT2D eigenvalue weighted by Crippen LogP contribution is 2.19. The van der Waals surface area contributed by atoms with E-state index < -0.39 is 6.04 Å². The molecule has 2 amide bonds. The molecule has 1 saturated heterocycles. The molecule has 1 aliphatic rings. The van der Waals surface area contributed by atoms with Gasteiger partial charge in [-0.1, -0.05) is 28.1 Å². The molecule has 2 N–H and O–H groups in total. The number of aryl methyl sites for hydroxylation is 1. The van der Waals surface area contributed by atoms with E-state index in [0.29, 0.717) is 25.8 Å². The number of hydrogen-bond donors (Lipinski definition) is 1. The van der Waals surface area contributed by atoms with Crippen LogP contribution in [-0.2, 0) is 16.0 Å². The van der Waals surface area contributed by atoms with E-state index in [2.05, 4.69) is 15.9 Å². The molecule has 1 aromatic carbocycles. The van der Waals surface area contributed by atoms with Gasteiger partial charge in [-0.05, 0) is 43.4 Å². The predicted octanol–water partition coefficient (Wildman–Crippen LogP) is 2.25. The van der Waals surface area contributed by atoms with Crippen molar-refractivity contribution in [2.45, 2.75) is 38.1 Å². The molecular weight excluding hydrogens is 320 g/mol. The number of halogens is 1. The molecule has 0 radical (unpaired) electrons. The van der Waals surface area contributed by atoms with Crippen molar-refractivity contribution in [2.24, 2.45) is 5.73 Å². The molecule has 0 aliphatic carbocycles. The van der Waals surface area contributed by atoms with E-state index in [4.69, 9.17) is 5.73 Å². The molecule has 0 saturated carbocycles. The van der Waals surface area contributed by atoms with Gasteiger partial charge in [-0.25, -0.2) is 0 Å². The number of amides is 2. The predicted molar refractivity (Wildman–Crippen MR) is 81.0 cm³/mol. The second-order valence-electron chi connectivity index (χ2n) is 5.13. The number of carbonyl (C=O) groups is 2. The number of carbonyl (C=O) groups excluding carboxylic acids is 2. The first-order valence-corrected chi connectivity index (χ1v) is 7.70. The van der Waals surface area contributed by atoms with Gasteiger partial charge in [0.1, 0.15) is 6.04 Å². The zero-order chi connectivity index (χ0) is 14.5. The first kappa shape index (κ1) is 15.0. The minimum Gasteiger partial charge on any atom is -0.368 e. The Bertz CT molecular complexity index is 504. The summed E-state index contributed by atoms with van der Waals surface area (Å²) in [5, 5.41) is 0. The van der Waals surface area contributed by atoms with Crippen LogP contribution in [0.25, 0.3) is 0 Å². The van der Waals surface area contributed by atoms with Gasteiger partial charge in [0.2, 0.25) is 11.8 Å². The Balaban J connectivity index is 1.95. The summed E-state index contributed by atoms with van der Waals surface area (Å²) in [4.78, 5) is 25.3. The van der Waals surface area contributed by atoms with Crippen LogP contribution in [-0.4, -0.2) is 29.3 Å². The second kappa shape index (κ2) is 6.88. The van der Waals surface area contributed by atoms with Gasteiger partial charge in [0.25, 0.3) is 0 Å². The molecule has 5 heteroatoms. The summed E-state index contributed by atoms with van der Waals surface area (Å²) in [6, 6.07) is 7.50. The van der Waals surface area contributed by atoms with Crippen LogP contribution in [0.2, 0.25) is 0 Å². The lowest BCUT2D eigenvalue weighted by molar-refractivity contribution is -0.141.